The third-order valence-corrected chi connectivity index (χ3v) is 6.84. The Kier molecular flexibility index (Phi) is 9.31. The van der Waals surface area contributed by atoms with Gasteiger partial charge in [-0.2, -0.15) is 0 Å². The number of nitrogens with two attached hydrogens (primary N) is 1. The van der Waals surface area contributed by atoms with Gasteiger partial charge in [-0.1, -0.05) is 13.5 Å². The number of aromatic nitrogens is 3. The molecule has 3 rings (SSSR count). The van der Waals surface area contributed by atoms with Crippen molar-refractivity contribution in [3.63, 3.8) is 0 Å². The van der Waals surface area contributed by atoms with E-state index in [1.165, 1.54) is 30.9 Å². The van der Waals surface area contributed by atoms with Gasteiger partial charge in [0.15, 0.2) is 5.82 Å². The Morgan fingerprint density at radius 3 is 2.61 bits per heavy atom. The molecule has 0 bridgehead atoms. The van der Waals surface area contributed by atoms with Crippen LogP contribution in [0.25, 0.3) is 18.2 Å². The van der Waals surface area contributed by atoms with Gasteiger partial charge < -0.3 is 20.8 Å². The van der Waals surface area contributed by atoms with Crippen molar-refractivity contribution in [3.8, 4) is 0 Å². The van der Waals surface area contributed by atoms with Crippen LogP contribution < -0.4 is 26.3 Å². The minimum Gasteiger partial charge on any atom is -0.404 e. The second kappa shape index (κ2) is 12.4. The van der Waals surface area contributed by atoms with Gasteiger partial charge in [-0.15, -0.1) is 0 Å². The first-order chi connectivity index (χ1) is 18.1. The molecule has 0 saturated heterocycles. The van der Waals surface area contributed by atoms with E-state index < -0.39 is 38.7 Å². The Labute approximate surface area is 218 Å². The highest BCUT2D eigenvalue weighted by Crippen LogP contribution is 2.24. The van der Waals surface area contributed by atoms with Gasteiger partial charge in [-0.05, 0) is 24.6 Å². The summed E-state index contributed by atoms with van der Waals surface area (Å²) in [7, 11) is -2.31. The first kappa shape index (κ1) is 28.5. The van der Waals surface area contributed by atoms with E-state index in [-0.39, 0.29) is 28.3 Å². The van der Waals surface area contributed by atoms with Crippen molar-refractivity contribution in [1.29, 1.82) is 0 Å². The van der Waals surface area contributed by atoms with E-state index in [9.17, 15) is 17.6 Å². The maximum atomic E-state index is 15.2. The van der Waals surface area contributed by atoms with Crippen LogP contribution in [0.2, 0.25) is 0 Å². The number of sulfonamides is 1. The minimum absolute atomic E-state index is 0.0977. The molecule has 0 atom stereocenters. The van der Waals surface area contributed by atoms with Crippen LogP contribution in [0, 0.1) is 11.6 Å². The molecule has 0 saturated carbocycles. The molecule has 202 valence electrons. The third-order valence-electron chi connectivity index (χ3n) is 5.36. The highest BCUT2D eigenvalue weighted by molar-refractivity contribution is 7.92. The molecular weight excluding hydrogens is 518 g/mol. The largest absolute Gasteiger partial charge is 0.404 e. The Balaban J connectivity index is 2.00. The first-order valence-electron chi connectivity index (χ1n) is 11.5. The average molecular weight is 547 g/mol. The second-order valence-electron chi connectivity index (χ2n) is 8.11. The summed E-state index contributed by atoms with van der Waals surface area (Å²) in [5.74, 6) is -3.39. The summed E-state index contributed by atoms with van der Waals surface area (Å²) in [5.41, 5.74) is 5.19. The van der Waals surface area contributed by atoms with Crippen LogP contribution in [0.1, 0.15) is 34.8 Å². The zero-order chi connectivity index (χ0) is 27.9. The molecule has 0 aliphatic rings. The first-order valence-corrected chi connectivity index (χ1v) is 13.1. The normalized spacial score (nSPS) is 12.5. The number of carbonyl (C=O) groups is 1. The van der Waals surface area contributed by atoms with Gasteiger partial charge >= 0.3 is 0 Å². The quantitative estimate of drug-likeness (QED) is 0.198. The number of benzene rings is 1. The molecule has 5 N–H and O–H groups in total. The average Bonchev–Trinajstić information content (AvgIpc) is 3.24. The summed E-state index contributed by atoms with van der Waals surface area (Å²) in [6.07, 6.45) is 7.34. The Morgan fingerprint density at radius 1 is 1.26 bits per heavy atom. The number of nitrogens with one attached hydrogen (secondary N) is 3. The zero-order valence-corrected chi connectivity index (χ0v) is 21.7. The lowest BCUT2D eigenvalue weighted by Crippen LogP contribution is -2.27. The van der Waals surface area contributed by atoms with Crippen LogP contribution in [0.5, 0.6) is 0 Å². The summed E-state index contributed by atoms with van der Waals surface area (Å²) >= 11 is 0. The maximum Gasteiger partial charge on any atom is 0.232 e. The van der Waals surface area contributed by atoms with Crippen LogP contribution >= 0.6 is 0 Å². The van der Waals surface area contributed by atoms with Gasteiger partial charge in [-0.25, -0.2) is 27.2 Å². The van der Waals surface area contributed by atoms with Crippen molar-refractivity contribution in [2.75, 3.05) is 36.1 Å². The maximum absolute atomic E-state index is 15.2. The smallest absolute Gasteiger partial charge is 0.232 e. The van der Waals surface area contributed by atoms with Crippen molar-refractivity contribution >= 4 is 45.7 Å². The summed E-state index contributed by atoms with van der Waals surface area (Å²) in [6.45, 7) is 6.46. The second-order valence-corrected chi connectivity index (χ2v) is 9.95. The molecule has 2 heterocycles. The number of halogens is 2. The standard InChI is InChI=1S/C25H28F2N6O4S/c1-4-9-38(35,36)33-21-6-5-20(26)22(23(21)27)24(34)19-14-30-15(2)18(19)10-16(11-28)17-12-31-25(32-13-17)29-7-8-37-3/h5-6,10-14,30,33H,2,4,7-9,28H2,1,3H3,(H,29,31,32)/b16-11+,18-10+. The van der Waals surface area contributed by atoms with E-state index >= 15 is 4.39 Å². The molecule has 1 aromatic carbocycles. The van der Waals surface area contributed by atoms with Crippen molar-refractivity contribution in [1.82, 2.24) is 15.0 Å². The number of methoxy groups -OCH3 is 1. The van der Waals surface area contributed by atoms with E-state index in [4.69, 9.17) is 10.5 Å². The lowest BCUT2D eigenvalue weighted by Gasteiger charge is -2.11. The summed E-state index contributed by atoms with van der Waals surface area (Å²) < 4.78 is 61.2. The topological polar surface area (TPSA) is 152 Å². The molecule has 0 aliphatic heterocycles. The van der Waals surface area contributed by atoms with Crippen molar-refractivity contribution in [3.05, 3.63) is 75.8 Å². The van der Waals surface area contributed by atoms with Crippen molar-refractivity contribution in [2.24, 2.45) is 5.73 Å². The molecule has 0 spiro atoms. The number of hydrogen-bond acceptors (Lipinski definition) is 8. The van der Waals surface area contributed by atoms with E-state index in [0.29, 0.717) is 30.2 Å². The fourth-order valence-electron chi connectivity index (χ4n) is 3.51. The third kappa shape index (κ3) is 6.61. The van der Waals surface area contributed by atoms with Gasteiger partial charge in [0.05, 0.1) is 23.6 Å². The predicted molar refractivity (Wildman–Crippen MR) is 142 cm³/mol. The monoisotopic (exact) mass is 546 g/mol. The number of H-pyrrole nitrogens is 1. The highest BCUT2D eigenvalue weighted by Gasteiger charge is 2.25. The molecule has 0 fully saturated rings. The Bertz CT molecular complexity index is 1550. The van der Waals surface area contributed by atoms with E-state index in [0.717, 1.165) is 12.1 Å². The molecule has 0 unspecified atom stereocenters. The Hall–Kier alpha value is -4.10. The van der Waals surface area contributed by atoms with Gasteiger partial charge in [0.1, 0.15) is 5.82 Å². The van der Waals surface area contributed by atoms with E-state index in [1.54, 1.807) is 14.0 Å². The van der Waals surface area contributed by atoms with Crippen LogP contribution in [-0.4, -0.2) is 55.2 Å². The molecule has 0 amide bonds. The van der Waals surface area contributed by atoms with Gasteiger partial charge in [-0.3, -0.25) is 9.52 Å². The molecule has 13 heteroatoms. The zero-order valence-electron chi connectivity index (χ0n) is 20.8. The molecule has 0 radical (unpaired) electrons. The highest BCUT2D eigenvalue weighted by atomic mass is 32.2. The fraction of sp³-hybridized carbons (Fsp3) is 0.240. The molecular formula is C25H28F2N6O4S. The van der Waals surface area contributed by atoms with Crippen LogP contribution in [-0.2, 0) is 14.8 Å². The lowest BCUT2D eigenvalue weighted by molar-refractivity contribution is 0.103. The summed E-state index contributed by atoms with van der Waals surface area (Å²) in [5, 5.41) is 3.49. The number of nitrogens with zero attached hydrogens (tertiary/aromatic N) is 2. The van der Waals surface area contributed by atoms with Crippen LogP contribution in [0.3, 0.4) is 0 Å². The SMILES string of the molecule is C=c1[nH]cc(C(=O)c2c(F)ccc(NS(=O)(=O)CCC)c2F)/c1=C/C(=C\N)c1cnc(NCCOC)nc1. The summed E-state index contributed by atoms with van der Waals surface area (Å²) in [6, 6.07) is 1.75. The number of ether oxygens (including phenoxy) is 1. The van der Waals surface area contributed by atoms with Gasteiger partial charge in [0.25, 0.3) is 0 Å². The lowest BCUT2D eigenvalue weighted by atomic mass is 10.0. The summed E-state index contributed by atoms with van der Waals surface area (Å²) in [4.78, 5) is 24.5. The van der Waals surface area contributed by atoms with E-state index in [2.05, 4.69) is 31.6 Å². The molecule has 2 aromatic heterocycles. The fourth-order valence-corrected chi connectivity index (χ4v) is 4.64. The molecule has 10 nitrogen and oxygen atoms in total. The van der Waals surface area contributed by atoms with E-state index in [1.807, 2.05) is 0 Å². The number of ketones is 1. The number of rotatable bonds is 12. The van der Waals surface area contributed by atoms with Crippen molar-refractivity contribution < 1.29 is 26.7 Å². The molecule has 38 heavy (non-hydrogen) atoms. The molecule has 3 aromatic rings. The molecule has 0 aliphatic carbocycles. The number of allylic oxidation sites excluding steroid dienone is 1. The Morgan fingerprint density at radius 2 is 1.97 bits per heavy atom. The van der Waals surface area contributed by atoms with Gasteiger partial charge in [0.2, 0.25) is 21.8 Å². The van der Waals surface area contributed by atoms with Crippen molar-refractivity contribution in [2.45, 2.75) is 13.3 Å². The number of anilines is 2. The number of hydrogen-bond donors (Lipinski definition) is 4. The predicted octanol–water partition coefficient (Wildman–Crippen LogP) is 1.71. The van der Waals surface area contributed by atoms with Gasteiger partial charge in [0, 0.05) is 65.7 Å². The van der Waals surface area contributed by atoms with Crippen LogP contribution in [0.4, 0.5) is 20.4 Å². The van der Waals surface area contributed by atoms with Crippen LogP contribution in [0.15, 0.2) is 36.9 Å². The number of carbonyl (C=O) groups excluding carboxylic acids is 1. The minimum atomic E-state index is -3.88. The number of aromatic amines is 1.